The highest BCUT2D eigenvalue weighted by atomic mass is 32.1. The number of fused-ring (bicyclic) bond motifs is 1. The standard InChI is InChI=1S/C24H21N3O2S/c1-15-8-6-7-11-19(15)16(2)25-22(28)17-12-13-20-21(14-17)26-24(30)27(23(20)29)18-9-4-3-5-10-18/h3-14,16H,1-2H3,(H,25,28)(H,26,30). The van der Waals surface area contributed by atoms with Crippen LogP contribution >= 0.6 is 12.2 Å². The number of aromatic amines is 1. The third-order valence-electron chi connectivity index (χ3n) is 5.18. The van der Waals surface area contributed by atoms with Crippen LogP contribution in [0, 0.1) is 11.7 Å². The number of hydrogen-bond acceptors (Lipinski definition) is 3. The highest BCUT2D eigenvalue weighted by molar-refractivity contribution is 7.71. The topological polar surface area (TPSA) is 66.9 Å². The molecule has 0 radical (unpaired) electrons. The Bertz CT molecular complexity index is 1360. The number of rotatable bonds is 4. The van der Waals surface area contributed by atoms with Gasteiger partial charge in [-0.15, -0.1) is 0 Å². The number of carbonyl (C=O) groups excluding carboxylic acids is 1. The van der Waals surface area contributed by atoms with E-state index in [1.165, 1.54) is 4.57 Å². The molecule has 1 heterocycles. The lowest BCUT2D eigenvalue weighted by Gasteiger charge is -2.17. The fraction of sp³-hybridized carbons (Fsp3) is 0.125. The SMILES string of the molecule is Cc1ccccc1C(C)NC(=O)c1ccc2c(=O)n(-c3ccccc3)c(=S)[nH]c2c1. The van der Waals surface area contributed by atoms with E-state index >= 15 is 0 Å². The maximum atomic E-state index is 13.0. The van der Waals surface area contributed by atoms with Crippen molar-refractivity contribution in [1.29, 1.82) is 0 Å². The average Bonchev–Trinajstić information content (AvgIpc) is 2.74. The van der Waals surface area contributed by atoms with E-state index in [9.17, 15) is 9.59 Å². The molecule has 1 atom stereocenters. The summed E-state index contributed by atoms with van der Waals surface area (Å²) in [6, 6.07) is 22.0. The first-order valence-electron chi connectivity index (χ1n) is 9.66. The van der Waals surface area contributed by atoms with E-state index in [1.807, 2.05) is 68.4 Å². The highest BCUT2D eigenvalue weighted by Crippen LogP contribution is 2.18. The van der Waals surface area contributed by atoms with Gasteiger partial charge in [0.15, 0.2) is 4.77 Å². The number of H-pyrrole nitrogens is 1. The number of nitrogens with one attached hydrogen (secondary N) is 2. The van der Waals surface area contributed by atoms with Gasteiger partial charge in [0.25, 0.3) is 11.5 Å². The summed E-state index contributed by atoms with van der Waals surface area (Å²) in [5.74, 6) is -0.209. The summed E-state index contributed by atoms with van der Waals surface area (Å²) < 4.78 is 1.74. The van der Waals surface area contributed by atoms with E-state index in [0.717, 1.165) is 11.1 Å². The number of carbonyl (C=O) groups is 1. The maximum absolute atomic E-state index is 13.0. The summed E-state index contributed by atoms with van der Waals surface area (Å²) in [5, 5.41) is 3.49. The molecule has 150 valence electrons. The Morgan fingerprint density at radius 2 is 1.73 bits per heavy atom. The largest absolute Gasteiger partial charge is 0.346 e. The molecule has 0 saturated carbocycles. The van der Waals surface area contributed by atoms with Crippen LogP contribution in [0.15, 0.2) is 77.6 Å². The third kappa shape index (κ3) is 3.69. The first-order valence-corrected chi connectivity index (χ1v) is 10.1. The molecule has 1 aromatic heterocycles. The van der Waals surface area contributed by atoms with E-state index < -0.39 is 0 Å². The number of aromatic nitrogens is 2. The van der Waals surface area contributed by atoms with Gasteiger partial charge < -0.3 is 10.3 Å². The molecule has 4 rings (SSSR count). The van der Waals surface area contributed by atoms with E-state index in [2.05, 4.69) is 10.3 Å². The zero-order chi connectivity index (χ0) is 21.3. The molecule has 1 unspecified atom stereocenters. The van der Waals surface area contributed by atoms with Crippen molar-refractivity contribution < 1.29 is 4.79 Å². The Hall–Kier alpha value is -3.51. The van der Waals surface area contributed by atoms with Crippen molar-refractivity contribution in [1.82, 2.24) is 14.9 Å². The number of aryl methyl sites for hydroxylation is 1. The van der Waals surface area contributed by atoms with Crippen molar-refractivity contribution in [2.75, 3.05) is 0 Å². The molecule has 5 nitrogen and oxygen atoms in total. The van der Waals surface area contributed by atoms with Gasteiger partial charge in [0, 0.05) is 5.56 Å². The molecule has 0 saturated heterocycles. The predicted molar refractivity (Wildman–Crippen MR) is 122 cm³/mol. The molecule has 0 spiro atoms. The van der Waals surface area contributed by atoms with Crippen LogP contribution < -0.4 is 10.9 Å². The normalized spacial score (nSPS) is 11.9. The third-order valence-corrected chi connectivity index (χ3v) is 5.46. The first kappa shape index (κ1) is 19.8. The van der Waals surface area contributed by atoms with Gasteiger partial charge in [-0.2, -0.15) is 0 Å². The summed E-state index contributed by atoms with van der Waals surface area (Å²) in [6.45, 7) is 3.97. The molecule has 3 aromatic carbocycles. The Balaban J connectivity index is 1.69. The minimum atomic E-state index is -0.222. The molecule has 4 aromatic rings. The van der Waals surface area contributed by atoms with Gasteiger partial charge in [0.2, 0.25) is 0 Å². The molecule has 1 amide bonds. The lowest BCUT2D eigenvalue weighted by atomic mass is 10.0. The molecular formula is C24H21N3O2S. The van der Waals surface area contributed by atoms with E-state index in [4.69, 9.17) is 12.2 Å². The number of para-hydroxylation sites is 1. The van der Waals surface area contributed by atoms with Crippen molar-refractivity contribution in [2.45, 2.75) is 19.9 Å². The quantitative estimate of drug-likeness (QED) is 0.468. The van der Waals surface area contributed by atoms with Gasteiger partial charge in [0.1, 0.15) is 0 Å². The Labute approximate surface area is 179 Å². The molecule has 2 N–H and O–H groups in total. The molecule has 0 aliphatic rings. The Morgan fingerprint density at radius 3 is 2.47 bits per heavy atom. The monoisotopic (exact) mass is 415 g/mol. The van der Waals surface area contributed by atoms with Gasteiger partial charge in [-0.25, -0.2) is 0 Å². The van der Waals surface area contributed by atoms with Crippen LogP contribution in [0.3, 0.4) is 0 Å². The number of benzene rings is 3. The molecule has 0 fully saturated rings. The second-order valence-corrected chi connectivity index (χ2v) is 7.61. The van der Waals surface area contributed by atoms with Crippen LogP contribution in [0.4, 0.5) is 0 Å². The first-order chi connectivity index (χ1) is 14.5. The minimum absolute atomic E-state index is 0.140. The fourth-order valence-electron chi connectivity index (χ4n) is 3.60. The number of nitrogens with zero attached hydrogens (tertiary/aromatic N) is 1. The van der Waals surface area contributed by atoms with Crippen molar-refractivity contribution in [3.8, 4) is 5.69 Å². The van der Waals surface area contributed by atoms with Crippen molar-refractivity contribution in [3.63, 3.8) is 0 Å². The van der Waals surface area contributed by atoms with Crippen molar-refractivity contribution in [3.05, 3.63) is 105 Å². The van der Waals surface area contributed by atoms with Gasteiger partial charge in [0.05, 0.1) is 22.6 Å². The zero-order valence-corrected chi connectivity index (χ0v) is 17.5. The number of hydrogen-bond donors (Lipinski definition) is 2. The van der Waals surface area contributed by atoms with Crippen LogP contribution in [0.25, 0.3) is 16.6 Å². The van der Waals surface area contributed by atoms with Crippen LogP contribution in [-0.2, 0) is 0 Å². The summed E-state index contributed by atoms with van der Waals surface area (Å²) in [5.41, 5.74) is 3.66. The predicted octanol–water partition coefficient (Wildman–Crippen LogP) is 4.85. The van der Waals surface area contributed by atoms with E-state index in [1.54, 1.807) is 18.2 Å². The molecule has 30 heavy (non-hydrogen) atoms. The van der Waals surface area contributed by atoms with Crippen LogP contribution in [0.2, 0.25) is 0 Å². The zero-order valence-electron chi connectivity index (χ0n) is 16.7. The average molecular weight is 416 g/mol. The summed E-state index contributed by atoms with van der Waals surface area (Å²) in [4.78, 5) is 28.9. The van der Waals surface area contributed by atoms with Gasteiger partial charge >= 0.3 is 0 Å². The molecule has 0 bridgehead atoms. The molecule has 0 aliphatic heterocycles. The Kier molecular flexibility index (Phi) is 5.33. The minimum Gasteiger partial charge on any atom is -0.346 e. The summed E-state index contributed by atoms with van der Waals surface area (Å²) in [6.07, 6.45) is 0. The fourth-order valence-corrected chi connectivity index (χ4v) is 3.90. The lowest BCUT2D eigenvalue weighted by Crippen LogP contribution is -2.27. The van der Waals surface area contributed by atoms with Crippen LogP contribution in [-0.4, -0.2) is 15.5 Å². The Morgan fingerprint density at radius 1 is 1.03 bits per heavy atom. The van der Waals surface area contributed by atoms with E-state index in [-0.39, 0.29) is 22.3 Å². The molecule has 0 aliphatic carbocycles. The highest BCUT2D eigenvalue weighted by Gasteiger charge is 2.15. The lowest BCUT2D eigenvalue weighted by molar-refractivity contribution is 0.0940. The van der Waals surface area contributed by atoms with Crippen LogP contribution in [0.5, 0.6) is 0 Å². The second-order valence-electron chi connectivity index (χ2n) is 7.22. The molecular weight excluding hydrogens is 394 g/mol. The van der Waals surface area contributed by atoms with Gasteiger partial charge in [-0.05, 0) is 67.5 Å². The summed E-state index contributed by atoms with van der Waals surface area (Å²) in [7, 11) is 0. The van der Waals surface area contributed by atoms with Gasteiger partial charge in [-0.3, -0.25) is 14.2 Å². The van der Waals surface area contributed by atoms with Crippen molar-refractivity contribution in [2.24, 2.45) is 0 Å². The summed E-state index contributed by atoms with van der Waals surface area (Å²) >= 11 is 5.41. The second kappa shape index (κ2) is 8.08. The molecule has 6 heteroatoms. The van der Waals surface area contributed by atoms with E-state index in [0.29, 0.717) is 22.2 Å². The number of amides is 1. The van der Waals surface area contributed by atoms with Gasteiger partial charge in [-0.1, -0.05) is 42.5 Å². The van der Waals surface area contributed by atoms with Crippen LogP contribution in [0.1, 0.15) is 34.5 Å². The van der Waals surface area contributed by atoms with Crippen molar-refractivity contribution >= 4 is 29.0 Å². The smallest absolute Gasteiger partial charge is 0.266 e. The maximum Gasteiger partial charge on any atom is 0.266 e.